The van der Waals surface area contributed by atoms with Crippen LogP contribution in [0.25, 0.3) is 0 Å². The van der Waals surface area contributed by atoms with Gasteiger partial charge in [0.05, 0.1) is 6.61 Å². The Morgan fingerprint density at radius 3 is 2.36 bits per heavy atom. The third kappa shape index (κ3) is 2.42. The Labute approximate surface area is 81.1 Å². The van der Waals surface area contributed by atoms with Crippen molar-refractivity contribution in [3.05, 3.63) is 10.2 Å². The number of rotatable bonds is 1. The van der Waals surface area contributed by atoms with E-state index < -0.39 is 5.79 Å². The lowest BCUT2D eigenvalue weighted by Crippen LogP contribution is -2.28. The number of hydrogen-bond donors (Lipinski definition) is 0. The van der Waals surface area contributed by atoms with Crippen molar-refractivity contribution in [1.82, 2.24) is 0 Å². The summed E-state index contributed by atoms with van der Waals surface area (Å²) >= 11 is 2.18. The highest BCUT2D eigenvalue weighted by Crippen LogP contribution is 2.31. The molecular formula is C8H13IO2. The van der Waals surface area contributed by atoms with Gasteiger partial charge in [-0.15, -0.1) is 0 Å². The minimum atomic E-state index is -0.426. The molecule has 1 fully saturated rings. The van der Waals surface area contributed by atoms with Crippen LogP contribution in [-0.2, 0) is 9.47 Å². The van der Waals surface area contributed by atoms with E-state index in [1.165, 1.54) is 0 Å². The van der Waals surface area contributed by atoms with Crippen LogP contribution >= 0.6 is 22.6 Å². The Hall–Kier alpha value is 0.390. The first-order chi connectivity index (χ1) is 4.97. The maximum atomic E-state index is 5.66. The summed E-state index contributed by atoms with van der Waals surface area (Å²) in [5.74, 6) is -0.426. The van der Waals surface area contributed by atoms with Crippen molar-refractivity contribution in [2.45, 2.75) is 32.2 Å². The van der Waals surface area contributed by atoms with Gasteiger partial charge in [-0.2, -0.15) is 0 Å². The molecule has 11 heavy (non-hydrogen) atoms. The molecular weight excluding hydrogens is 255 g/mol. The van der Waals surface area contributed by atoms with E-state index in [9.17, 15) is 0 Å². The van der Waals surface area contributed by atoms with Crippen LogP contribution in [0.5, 0.6) is 0 Å². The summed E-state index contributed by atoms with van der Waals surface area (Å²) < 4.78 is 13.1. The van der Waals surface area contributed by atoms with Gasteiger partial charge in [-0.1, -0.05) is 22.6 Å². The van der Waals surface area contributed by atoms with Crippen LogP contribution in [0.4, 0.5) is 0 Å². The molecule has 1 aliphatic heterocycles. The fourth-order valence-electron chi connectivity index (χ4n) is 1.15. The molecule has 0 aromatic heterocycles. The van der Waals surface area contributed by atoms with Gasteiger partial charge in [0.2, 0.25) is 0 Å². The topological polar surface area (TPSA) is 18.5 Å². The van der Waals surface area contributed by atoms with Crippen molar-refractivity contribution < 1.29 is 9.47 Å². The first-order valence-corrected chi connectivity index (χ1v) is 4.84. The predicted molar refractivity (Wildman–Crippen MR) is 52.7 cm³/mol. The molecule has 64 valence electrons. The van der Waals surface area contributed by atoms with Crippen LogP contribution in [0.15, 0.2) is 10.2 Å². The van der Waals surface area contributed by atoms with E-state index in [0.29, 0.717) is 6.61 Å². The van der Waals surface area contributed by atoms with Gasteiger partial charge < -0.3 is 9.47 Å². The van der Waals surface area contributed by atoms with Crippen LogP contribution in [-0.4, -0.2) is 18.0 Å². The van der Waals surface area contributed by atoms with E-state index in [0.717, 1.165) is 0 Å². The minimum absolute atomic E-state index is 0.231. The Bertz CT molecular complexity index is 177. The Morgan fingerprint density at radius 2 is 2.00 bits per heavy atom. The standard InChI is InChI=1S/C8H13IO2/c1-7(2)10-6-8(3,11-7)4-5-9/h4-5H,6H2,1-3H3/b5-4+/t8-/m1/s1. The molecule has 1 aliphatic rings. The average molecular weight is 268 g/mol. The molecule has 1 saturated heterocycles. The van der Waals surface area contributed by atoms with Crippen LogP contribution in [0.1, 0.15) is 20.8 Å². The van der Waals surface area contributed by atoms with Crippen LogP contribution < -0.4 is 0 Å². The van der Waals surface area contributed by atoms with Gasteiger partial charge in [0.25, 0.3) is 0 Å². The van der Waals surface area contributed by atoms with Crippen molar-refractivity contribution in [1.29, 1.82) is 0 Å². The molecule has 0 radical (unpaired) electrons. The van der Waals surface area contributed by atoms with Crippen LogP contribution in [0, 0.1) is 0 Å². The smallest absolute Gasteiger partial charge is 0.164 e. The molecule has 0 aromatic carbocycles. The van der Waals surface area contributed by atoms with E-state index in [4.69, 9.17) is 9.47 Å². The van der Waals surface area contributed by atoms with Gasteiger partial charge in [0, 0.05) is 0 Å². The lowest BCUT2D eigenvalue weighted by Gasteiger charge is -2.21. The van der Waals surface area contributed by atoms with Gasteiger partial charge >= 0.3 is 0 Å². The number of hydrogen-bond acceptors (Lipinski definition) is 2. The molecule has 0 bridgehead atoms. The summed E-state index contributed by atoms with van der Waals surface area (Å²) in [6.07, 6.45) is 2.02. The monoisotopic (exact) mass is 268 g/mol. The zero-order chi connectivity index (χ0) is 8.54. The fourth-order valence-corrected chi connectivity index (χ4v) is 1.91. The summed E-state index contributed by atoms with van der Waals surface area (Å²) in [4.78, 5) is 0. The van der Waals surface area contributed by atoms with E-state index in [1.807, 2.05) is 30.9 Å². The van der Waals surface area contributed by atoms with Gasteiger partial charge in [0.15, 0.2) is 5.79 Å². The van der Waals surface area contributed by atoms with Crippen molar-refractivity contribution in [2.75, 3.05) is 6.61 Å². The highest BCUT2D eigenvalue weighted by molar-refractivity contribution is 14.1. The minimum Gasteiger partial charge on any atom is -0.347 e. The number of ether oxygens (including phenoxy) is 2. The average Bonchev–Trinajstić information content (AvgIpc) is 2.07. The predicted octanol–water partition coefficient (Wildman–Crippen LogP) is 2.48. The molecule has 3 heteroatoms. The zero-order valence-electron chi connectivity index (χ0n) is 7.06. The van der Waals surface area contributed by atoms with Crippen molar-refractivity contribution in [3.63, 3.8) is 0 Å². The second-order valence-corrected chi connectivity index (χ2v) is 4.12. The van der Waals surface area contributed by atoms with Gasteiger partial charge in [-0.25, -0.2) is 0 Å². The largest absolute Gasteiger partial charge is 0.347 e. The molecule has 1 heterocycles. The van der Waals surface area contributed by atoms with E-state index in [-0.39, 0.29) is 5.60 Å². The Kier molecular flexibility index (Phi) is 2.61. The second kappa shape index (κ2) is 3.03. The van der Waals surface area contributed by atoms with Gasteiger partial charge in [0.1, 0.15) is 5.60 Å². The Morgan fingerprint density at radius 1 is 1.36 bits per heavy atom. The van der Waals surface area contributed by atoms with Crippen molar-refractivity contribution >= 4 is 22.6 Å². The maximum Gasteiger partial charge on any atom is 0.164 e. The fraction of sp³-hybridized carbons (Fsp3) is 0.750. The van der Waals surface area contributed by atoms with Crippen molar-refractivity contribution in [2.24, 2.45) is 0 Å². The third-order valence-electron chi connectivity index (χ3n) is 1.60. The van der Waals surface area contributed by atoms with Gasteiger partial charge in [-0.3, -0.25) is 0 Å². The molecule has 2 nitrogen and oxygen atoms in total. The number of halogens is 1. The van der Waals surface area contributed by atoms with E-state index in [1.54, 1.807) is 0 Å². The highest BCUT2D eigenvalue weighted by atomic mass is 127. The summed E-state index contributed by atoms with van der Waals surface area (Å²) in [7, 11) is 0. The normalized spacial score (nSPS) is 36.7. The summed E-state index contributed by atoms with van der Waals surface area (Å²) in [5.41, 5.74) is -0.231. The Balaban J connectivity index is 2.65. The highest BCUT2D eigenvalue weighted by Gasteiger charge is 2.39. The molecule has 0 unspecified atom stereocenters. The van der Waals surface area contributed by atoms with Crippen LogP contribution in [0.2, 0.25) is 0 Å². The lowest BCUT2D eigenvalue weighted by molar-refractivity contribution is -0.148. The first-order valence-electron chi connectivity index (χ1n) is 3.59. The molecule has 0 saturated carbocycles. The SMILES string of the molecule is CC1(C)OC[C@@](C)(/C=C/I)O1. The van der Waals surface area contributed by atoms with Crippen molar-refractivity contribution in [3.8, 4) is 0 Å². The summed E-state index contributed by atoms with van der Waals surface area (Å²) in [5, 5.41) is 0. The second-order valence-electron chi connectivity index (χ2n) is 3.40. The summed E-state index contributed by atoms with van der Waals surface area (Å²) in [6.45, 7) is 6.52. The zero-order valence-corrected chi connectivity index (χ0v) is 9.21. The van der Waals surface area contributed by atoms with E-state index in [2.05, 4.69) is 22.6 Å². The molecule has 0 spiro atoms. The van der Waals surface area contributed by atoms with E-state index >= 15 is 0 Å². The quantitative estimate of drug-likeness (QED) is 0.680. The molecule has 0 N–H and O–H groups in total. The first kappa shape index (κ1) is 9.48. The molecule has 0 aromatic rings. The van der Waals surface area contributed by atoms with Gasteiger partial charge in [-0.05, 0) is 30.9 Å². The lowest BCUT2D eigenvalue weighted by atomic mass is 10.1. The molecule has 0 amide bonds. The summed E-state index contributed by atoms with van der Waals surface area (Å²) in [6, 6.07) is 0. The molecule has 1 atom stereocenters. The molecule has 1 rings (SSSR count). The third-order valence-corrected chi connectivity index (χ3v) is 1.96. The maximum absolute atomic E-state index is 5.66. The van der Waals surface area contributed by atoms with Crippen LogP contribution in [0.3, 0.4) is 0 Å². The molecule has 0 aliphatic carbocycles.